The average molecular weight is 549 g/mol. The van der Waals surface area contributed by atoms with Crippen molar-refractivity contribution in [1.82, 2.24) is 0 Å². The smallest absolute Gasteiger partial charge is 0.198 e. The second kappa shape index (κ2) is 9.32. The molecule has 0 bridgehead atoms. The molecule has 0 amide bonds. The van der Waals surface area contributed by atoms with Crippen molar-refractivity contribution in [1.29, 1.82) is 0 Å². The summed E-state index contributed by atoms with van der Waals surface area (Å²) < 4.78 is 161. The largest absolute Gasteiger partial charge is 0.333 e. The summed E-state index contributed by atoms with van der Waals surface area (Å²) in [7, 11) is 0. The lowest BCUT2D eigenvalue weighted by Gasteiger charge is -2.37. The number of rotatable bonds is 3. The van der Waals surface area contributed by atoms with Gasteiger partial charge in [0, 0.05) is 16.8 Å². The highest BCUT2D eigenvalue weighted by Gasteiger charge is 2.37. The van der Waals surface area contributed by atoms with Crippen LogP contribution in [0.15, 0.2) is 18.2 Å². The first-order valence-electron chi connectivity index (χ1n) is 11.3. The van der Waals surface area contributed by atoms with E-state index in [9.17, 15) is 30.7 Å². The fourth-order valence-corrected chi connectivity index (χ4v) is 5.10. The summed E-state index contributed by atoms with van der Waals surface area (Å²) in [6.07, 6.45) is 1.78. The molecule has 1 aliphatic carbocycles. The van der Waals surface area contributed by atoms with Crippen molar-refractivity contribution < 1.29 is 48.3 Å². The highest BCUT2D eigenvalue weighted by molar-refractivity contribution is 5.99. The SMILES string of the molecule is Fc1c(F)c(F)c2c(N(c3c(F)c(F)c4c(F)c(F)c(F)c(F)c4c3F)C3CCCCC3)cccc2c1F. The third-order valence-corrected chi connectivity index (χ3v) is 6.83. The van der Waals surface area contributed by atoms with E-state index in [4.69, 9.17) is 0 Å². The molecule has 1 fully saturated rings. The van der Waals surface area contributed by atoms with Gasteiger partial charge in [-0.1, -0.05) is 31.4 Å². The summed E-state index contributed by atoms with van der Waals surface area (Å²) in [6, 6.07) is 1.83. The molecule has 1 aliphatic rings. The van der Waals surface area contributed by atoms with E-state index in [1.165, 1.54) is 0 Å². The van der Waals surface area contributed by atoms with E-state index in [-0.39, 0.29) is 12.8 Å². The fraction of sp³-hybridized carbons (Fsp3) is 0.231. The van der Waals surface area contributed by atoms with E-state index in [2.05, 4.69) is 0 Å². The molecule has 4 aromatic rings. The van der Waals surface area contributed by atoms with Gasteiger partial charge in [-0.2, -0.15) is 0 Å². The third kappa shape index (κ3) is 3.59. The molecule has 4 aromatic carbocycles. The predicted molar refractivity (Wildman–Crippen MR) is 116 cm³/mol. The number of halogens is 11. The molecule has 200 valence electrons. The average Bonchev–Trinajstić information content (AvgIpc) is 2.92. The highest BCUT2D eigenvalue weighted by Crippen LogP contribution is 2.46. The van der Waals surface area contributed by atoms with Gasteiger partial charge in [-0.25, -0.2) is 48.3 Å². The predicted octanol–water partition coefficient (Wildman–Crippen LogP) is 8.99. The molecule has 0 N–H and O–H groups in total. The van der Waals surface area contributed by atoms with Crippen LogP contribution in [0.4, 0.5) is 59.7 Å². The Labute approximate surface area is 207 Å². The molecule has 0 unspecified atom stereocenters. The van der Waals surface area contributed by atoms with Crippen LogP contribution in [0.25, 0.3) is 21.5 Å². The lowest BCUT2D eigenvalue weighted by atomic mass is 9.92. The number of fused-ring (bicyclic) bond motifs is 2. The number of hydrogen-bond donors (Lipinski definition) is 0. The summed E-state index contributed by atoms with van der Waals surface area (Å²) in [4.78, 5) is 0.618. The van der Waals surface area contributed by atoms with Gasteiger partial charge in [-0.05, 0) is 18.9 Å². The lowest BCUT2D eigenvalue weighted by molar-refractivity contribution is 0.408. The zero-order valence-electron chi connectivity index (χ0n) is 18.9. The van der Waals surface area contributed by atoms with E-state index in [1.54, 1.807) is 0 Å². The zero-order valence-corrected chi connectivity index (χ0v) is 18.9. The van der Waals surface area contributed by atoms with Gasteiger partial charge in [0.15, 0.2) is 64.0 Å². The Balaban J connectivity index is 1.94. The molecule has 0 atom stereocenters. The minimum atomic E-state index is -2.51. The number of hydrogen-bond acceptors (Lipinski definition) is 1. The van der Waals surface area contributed by atoms with Crippen molar-refractivity contribution in [2.24, 2.45) is 0 Å². The lowest BCUT2D eigenvalue weighted by Crippen LogP contribution is -2.35. The van der Waals surface area contributed by atoms with Gasteiger partial charge in [0.25, 0.3) is 0 Å². The summed E-state index contributed by atoms with van der Waals surface area (Å²) >= 11 is 0. The van der Waals surface area contributed by atoms with Crippen LogP contribution in [0.1, 0.15) is 32.1 Å². The first kappa shape index (κ1) is 26.1. The molecule has 1 saturated carbocycles. The van der Waals surface area contributed by atoms with Crippen LogP contribution in [0.5, 0.6) is 0 Å². The molecule has 0 saturated heterocycles. The minimum absolute atomic E-state index is 0.122. The maximum atomic E-state index is 15.8. The Hall–Kier alpha value is -3.57. The molecule has 0 spiro atoms. The summed E-state index contributed by atoms with van der Waals surface area (Å²) in [6.45, 7) is 0. The Bertz CT molecular complexity index is 1630. The van der Waals surface area contributed by atoms with Crippen LogP contribution >= 0.6 is 0 Å². The molecule has 0 aromatic heterocycles. The van der Waals surface area contributed by atoms with Crippen LogP contribution in [0.3, 0.4) is 0 Å². The standard InChI is InChI=1S/C26H14F11N/c27-15-10-7-4-8-11(12(10)16(28)22(34)21(15)33)38(9-5-2-1-3-6-9)26-20(32)14-13(19(31)25(26)37)17(29)23(35)24(36)18(14)30/h4,7-9H,1-3,5-6H2. The van der Waals surface area contributed by atoms with Crippen molar-refractivity contribution in [2.45, 2.75) is 38.1 Å². The summed E-state index contributed by atoms with van der Waals surface area (Å²) in [5, 5.41) is -5.40. The third-order valence-electron chi connectivity index (χ3n) is 6.83. The zero-order chi connectivity index (χ0) is 27.6. The number of nitrogens with zero attached hydrogens (tertiary/aromatic N) is 1. The molecule has 1 nitrogen and oxygen atoms in total. The first-order valence-corrected chi connectivity index (χ1v) is 11.3. The van der Waals surface area contributed by atoms with Gasteiger partial charge in [-0.15, -0.1) is 0 Å². The quantitative estimate of drug-likeness (QED) is 0.140. The number of anilines is 2. The maximum absolute atomic E-state index is 15.8. The van der Waals surface area contributed by atoms with Crippen LogP contribution < -0.4 is 4.90 Å². The van der Waals surface area contributed by atoms with Crippen LogP contribution in [0.2, 0.25) is 0 Å². The summed E-state index contributed by atoms with van der Waals surface area (Å²) in [5.74, 6) is -24.4. The number of benzene rings is 4. The Kier molecular flexibility index (Phi) is 6.39. The van der Waals surface area contributed by atoms with Crippen LogP contribution in [-0.2, 0) is 0 Å². The van der Waals surface area contributed by atoms with E-state index < -0.39 is 103 Å². The van der Waals surface area contributed by atoms with Crippen molar-refractivity contribution >= 4 is 32.9 Å². The Morgan fingerprint density at radius 3 is 1.53 bits per heavy atom. The minimum Gasteiger partial charge on any atom is -0.333 e. The van der Waals surface area contributed by atoms with E-state index in [0.717, 1.165) is 18.2 Å². The van der Waals surface area contributed by atoms with Gasteiger partial charge >= 0.3 is 0 Å². The Morgan fingerprint density at radius 2 is 0.947 bits per heavy atom. The van der Waals surface area contributed by atoms with E-state index in [1.807, 2.05) is 0 Å². The Morgan fingerprint density at radius 1 is 0.474 bits per heavy atom. The maximum Gasteiger partial charge on any atom is 0.198 e. The van der Waals surface area contributed by atoms with Gasteiger partial charge in [-0.3, -0.25) is 0 Å². The topological polar surface area (TPSA) is 3.24 Å². The molecule has 0 radical (unpaired) electrons. The molecule has 12 heteroatoms. The van der Waals surface area contributed by atoms with E-state index in [0.29, 0.717) is 24.2 Å². The summed E-state index contributed by atoms with van der Waals surface area (Å²) in [5.41, 5.74) is -2.10. The van der Waals surface area contributed by atoms with Gasteiger partial charge in [0.2, 0.25) is 0 Å². The molecule has 38 heavy (non-hydrogen) atoms. The van der Waals surface area contributed by atoms with Gasteiger partial charge in [0.1, 0.15) is 5.69 Å². The van der Waals surface area contributed by atoms with Crippen molar-refractivity contribution in [3.8, 4) is 0 Å². The van der Waals surface area contributed by atoms with Crippen LogP contribution in [-0.4, -0.2) is 6.04 Å². The van der Waals surface area contributed by atoms with Crippen molar-refractivity contribution in [3.05, 3.63) is 82.2 Å². The molecule has 5 rings (SSSR count). The van der Waals surface area contributed by atoms with Crippen LogP contribution in [0, 0.1) is 64.0 Å². The molecular weight excluding hydrogens is 535 g/mol. The molecular formula is C26H14F11N. The monoisotopic (exact) mass is 549 g/mol. The second-order valence-corrected chi connectivity index (χ2v) is 8.91. The normalized spacial score (nSPS) is 14.6. The van der Waals surface area contributed by atoms with Gasteiger partial charge in [0.05, 0.1) is 16.5 Å². The van der Waals surface area contributed by atoms with Crippen molar-refractivity contribution in [2.75, 3.05) is 4.90 Å². The molecule has 0 heterocycles. The molecule has 0 aliphatic heterocycles. The van der Waals surface area contributed by atoms with E-state index >= 15 is 17.6 Å². The van der Waals surface area contributed by atoms with Crippen molar-refractivity contribution in [3.63, 3.8) is 0 Å². The first-order chi connectivity index (χ1) is 18.0. The second-order valence-electron chi connectivity index (χ2n) is 8.91. The fourth-order valence-electron chi connectivity index (χ4n) is 5.10. The van der Waals surface area contributed by atoms with Gasteiger partial charge < -0.3 is 4.90 Å². The highest BCUT2D eigenvalue weighted by atomic mass is 19.2.